The molecule has 0 aliphatic carbocycles. The molecule has 3 N–H and O–H groups in total. The lowest BCUT2D eigenvalue weighted by atomic mass is 10.1. The summed E-state index contributed by atoms with van der Waals surface area (Å²) in [6.07, 6.45) is -0.428. The molecule has 2 amide bonds. The number of nitrogens with zero attached hydrogens (tertiary/aromatic N) is 2. The van der Waals surface area contributed by atoms with E-state index >= 15 is 0 Å². The smallest absolute Gasteiger partial charge is 0.267 e. The van der Waals surface area contributed by atoms with Gasteiger partial charge in [-0.2, -0.15) is 5.10 Å². The molecule has 1 atom stereocenters. The Bertz CT molecular complexity index is 316. The molecular weight excluding hydrogens is 214 g/mol. The fourth-order valence-electron chi connectivity index (χ4n) is 1.21. The number of hydrogen-bond acceptors (Lipinski definition) is 5. The Morgan fingerprint density at radius 1 is 1.62 bits per heavy atom. The summed E-state index contributed by atoms with van der Waals surface area (Å²) in [7, 11) is 1.48. The van der Waals surface area contributed by atoms with Gasteiger partial charge >= 0.3 is 0 Å². The minimum Gasteiger partial charge on any atom is -0.394 e. The standard InChI is InChI=1S/C9H15N3O4/c1-12-8(15)3-2-7(11-12)9(16)10-4-6(14)5-13/h6,13-14H,2-5H2,1H3,(H,10,16). The second-order valence-corrected chi connectivity index (χ2v) is 3.51. The van der Waals surface area contributed by atoms with Gasteiger partial charge in [-0.1, -0.05) is 0 Å². The van der Waals surface area contributed by atoms with Crippen molar-refractivity contribution in [2.45, 2.75) is 18.9 Å². The van der Waals surface area contributed by atoms with Crippen molar-refractivity contribution in [3.63, 3.8) is 0 Å². The predicted molar refractivity (Wildman–Crippen MR) is 55.5 cm³/mol. The Morgan fingerprint density at radius 2 is 2.31 bits per heavy atom. The maximum absolute atomic E-state index is 11.5. The molecule has 1 rings (SSSR count). The van der Waals surface area contributed by atoms with Gasteiger partial charge in [0.25, 0.3) is 5.91 Å². The van der Waals surface area contributed by atoms with Gasteiger partial charge in [0.15, 0.2) is 0 Å². The fraction of sp³-hybridized carbons (Fsp3) is 0.667. The molecule has 1 aliphatic rings. The van der Waals surface area contributed by atoms with Crippen LogP contribution in [0, 0.1) is 0 Å². The van der Waals surface area contributed by atoms with E-state index in [9.17, 15) is 9.59 Å². The van der Waals surface area contributed by atoms with Gasteiger partial charge in [0.1, 0.15) is 5.71 Å². The number of nitrogens with one attached hydrogen (secondary N) is 1. The topological polar surface area (TPSA) is 102 Å². The molecule has 0 saturated carbocycles. The van der Waals surface area contributed by atoms with Gasteiger partial charge in [-0.15, -0.1) is 0 Å². The van der Waals surface area contributed by atoms with Crippen molar-refractivity contribution in [2.24, 2.45) is 5.10 Å². The first-order valence-electron chi connectivity index (χ1n) is 4.95. The van der Waals surface area contributed by atoms with E-state index < -0.39 is 18.6 Å². The number of amides is 2. The summed E-state index contributed by atoms with van der Waals surface area (Å²) in [5.41, 5.74) is 0.257. The van der Waals surface area contributed by atoms with Gasteiger partial charge in [-0.25, -0.2) is 5.01 Å². The summed E-state index contributed by atoms with van der Waals surface area (Å²) >= 11 is 0. The lowest BCUT2D eigenvalue weighted by Gasteiger charge is -2.19. The second-order valence-electron chi connectivity index (χ2n) is 3.51. The molecule has 0 bridgehead atoms. The molecule has 1 heterocycles. The summed E-state index contributed by atoms with van der Waals surface area (Å²) in [5, 5.41) is 24.9. The van der Waals surface area contributed by atoms with Crippen LogP contribution in [-0.2, 0) is 9.59 Å². The van der Waals surface area contributed by atoms with Crippen LogP contribution in [0.4, 0.5) is 0 Å². The number of carbonyl (C=O) groups excluding carboxylic acids is 2. The second kappa shape index (κ2) is 5.57. The zero-order valence-electron chi connectivity index (χ0n) is 9.01. The molecule has 1 unspecified atom stereocenters. The van der Waals surface area contributed by atoms with E-state index in [1.807, 2.05) is 0 Å². The third kappa shape index (κ3) is 3.28. The summed E-state index contributed by atoms with van der Waals surface area (Å²) < 4.78 is 0. The molecule has 90 valence electrons. The van der Waals surface area contributed by atoms with Crippen LogP contribution in [0.1, 0.15) is 12.8 Å². The summed E-state index contributed by atoms with van der Waals surface area (Å²) in [5.74, 6) is -0.557. The maximum atomic E-state index is 11.5. The SMILES string of the molecule is CN1N=C(C(=O)NCC(O)CO)CCC1=O. The first-order chi connectivity index (χ1) is 7.54. The molecule has 16 heavy (non-hydrogen) atoms. The molecule has 0 aromatic carbocycles. The van der Waals surface area contributed by atoms with E-state index in [0.717, 1.165) is 5.01 Å². The van der Waals surface area contributed by atoms with E-state index in [-0.39, 0.29) is 24.6 Å². The van der Waals surface area contributed by atoms with Gasteiger partial charge in [0.2, 0.25) is 5.91 Å². The highest BCUT2D eigenvalue weighted by Gasteiger charge is 2.21. The lowest BCUT2D eigenvalue weighted by Crippen LogP contribution is -2.41. The van der Waals surface area contributed by atoms with Crippen LogP contribution in [0.25, 0.3) is 0 Å². The van der Waals surface area contributed by atoms with Crippen LogP contribution in [-0.4, -0.2) is 59.1 Å². The third-order valence-electron chi connectivity index (χ3n) is 2.18. The number of hydrazone groups is 1. The zero-order chi connectivity index (χ0) is 12.1. The Kier molecular flexibility index (Phi) is 4.39. The summed E-state index contributed by atoms with van der Waals surface area (Å²) in [6.45, 7) is -0.447. The van der Waals surface area contributed by atoms with E-state index in [4.69, 9.17) is 10.2 Å². The van der Waals surface area contributed by atoms with E-state index in [1.165, 1.54) is 7.05 Å². The van der Waals surface area contributed by atoms with Gasteiger partial charge in [0, 0.05) is 26.4 Å². The number of carbonyl (C=O) groups is 2. The Labute approximate surface area is 92.7 Å². The van der Waals surface area contributed by atoms with Crippen LogP contribution >= 0.6 is 0 Å². The normalized spacial score (nSPS) is 18.1. The predicted octanol–water partition coefficient (Wildman–Crippen LogP) is -1.94. The minimum absolute atomic E-state index is 0.0357. The zero-order valence-corrected chi connectivity index (χ0v) is 9.01. The minimum atomic E-state index is -0.979. The van der Waals surface area contributed by atoms with Crippen molar-refractivity contribution in [1.82, 2.24) is 10.3 Å². The molecule has 0 radical (unpaired) electrons. The molecule has 0 saturated heterocycles. The highest BCUT2D eigenvalue weighted by atomic mass is 16.3. The van der Waals surface area contributed by atoms with Crippen molar-refractivity contribution in [2.75, 3.05) is 20.2 Å². The molecule has 0 aromatic rings. The molecule has 7 nitrogen and oxygen atoms in total. The highest BCUT2D eigenvalue weighted by molar-refractivity contribution is 6.39. The molecular formula is C9H15N3O4. The van der Waals surface area contributed by atoms with E-state index in [0.29, 0.717) is 6.42 Å². The van der Waals surface area contributed by atoms with E-state index in [1.54, 1.807) is 0 Å². The highest BCUT2D eigenvalue weighted by Crippen LogP contribution is 2.06. The average Bonchev–Trinajstić information content (AvgIpc) is 2.29. The number of hydrogen-bond donors (Lipinski definition) is 3. The lowest BCUT2D eigenvalue weighted by molar-refractivity contribution is -0.130. The van der Waals surface area contributed by atoms with Crippen LogP contribution in [0.2, 0.25) is 0 Å². The van der Waals surface area contributed by atoms with Crippen molar-refractivity contribution >= 4 is 17.5 Å². The Hall–Kier alpha value is -1.47. The molecule has 0 fully saturated rings. The monoisotopic (exact) mass is 229 g/mol. The Balaban J connectivity index is 2.49. The first-order valence-corrected chi connectivity index (χ1v) is 4.95. The maximum Gasteiger partial charge on any atom is 0.267 e. The van der Waals surface area contributed by atoms with Gasteiger partial charge in [-0.3, -0.25) is 9.59 Å². The van der Waals surface area contributed by atoms with Gasteiger partial charge in [-0.05, 0) is 0 Å². The van der Waals surface area contributed by atoms with Crippen LogP contribution in [0.5, 0.6) is 0 Å². The summed E-state index contributed by atoms with van der Waals surface area (Å²) in [6, 6.07) is 0. The molecule has 0 spiro atoms. The molecule has 0 aromatic heterocycles. The molecule has 7 heteroatoms. The summed E-state index contributed by atoms with van der Waals surface area (Å²) in [4.78, 5) is 22.6. The largest absolute Gasteiger partial charge is 0.394 e. The van der Waals surface area contributed by atoms with Crippen molar-refractivity contribution in [3.8, 4) is 0 Å². The first kappa shape index (κ1) is 12.6. The third-order valence-corrected chi connectivity index (χ3v) is 2.18. The quantitative estimate of drug-likeness (QED) is 0.522. The van der Waals surface area contributed by atoms with Crippen LogP contribution in [0.3, 0.4) is 0 Å². The van der Waals surface area contributed by atoms with E-state index in [2.05, 4.69) is 10.4 Å². The number of aliphatic hydroxyl groups is 2. The fourth-order valence-corrected chi connectivity index (χ4v) is 1.21. The van der Waals surface area contributed by atoms with Crippen molar-refractivity contribution in [3.05, 3.63) is 0 Å². The number of aliphatic hydroxyl groups excluding tert-OH is 2. The number of rotatable bonds is 4. The van der Waals surface area contributed by atoms with Crippen LogP contribution < -0.4 is 5.32 Å². The molecule has 1 aliphatic heterocycles. The van der Waals surface area contributed by atoms with Gasteiger partial charge in [0.05, 0.1) is 12.7 Å². The van der Waals surface area contributed by atoms with Gasteiger partial charge < -0.3 is 15.5 Å². The van der Waals surface area contributed by atoms with Crippen molar-refractivity contribution < 1.29 is 19.8 Å². The van der Waals surface area contributed by atoms with Crippen LogP contribution in [0.15, 0.2) is 5.10 Å². The Morgan fingerprint density at radius 3 is 2.88 bits per heavy atom. The van der Waals surface area contributed by atoms with Crippen molar-refractivity contribution in [1.29, 1.82) is 0 Å². The average molecular weight is 229 g/mol.